The molecule has 1 fully saturated rings. The highest BCUT2D eigenvalue weighted by atomic mass is 19.1. The highest BCUT2D eigenvalue weighted by molar-refractivity contribution is 5.85. The summed E-state index contributed by atoms with van der Waals surface area (Å²) in [5.41, 5.74) is 6.00. The highest BCUT2D eigenvalue weighted by Crippen LogP contribution is 2.46. The number of aryl methyl sites for hydroxylation is 1. The number of halogens is 1. The summed E-state index contributed by atoms with van der Waals surface area (Å²) in [7, 11) is 1.75. The molecule has 0 unspecified atom stereocenters. The standard InChI is InChI=1S/C32H35FN2O2/c1-36-31-21-23-7-2-4-10-29(23)32(37-31)18-16-26(17-19-32)34-20-6-8-24-22-35(27-14-12-25(33)13-15-27)30-11-5-3-9-28(24)30/h2-5,7,9-15,22,26,31,34H,6,8,16-21H2,1H3/t26?,31-,32?/m0/s1. The summed E-state index contributed by atoms with van der Waals surface area (Å²) < 4.78 is 27.8. The molecule has 192 valence electrons. The van der Waals surface area contributed by atoms with Crippen LogP contribution in [-0.2, 0) is 27.9 Å². The Morgan fingerprint density at radius 3 is 2.57 bits per heavy atom. The summed E-state index contributed by atoms with van der Waals surface area (Å²) in [5.74, 6) is -0.210. The maximum Gasteiger partial charge on any atom is 0.162 e. The van der Waals surface area contributed by atoms with Crippen molar-refractivity contribution in [3.63, 3.8) is 0 Å². The minimum absolute atomic E-state index is 0.156. The fourth-order valence-electron chi connectivity index (χ4n) is 6.34. The number of nitrogens with one attached hydrogen (secondary N) is 1. The van der Waals surface area contributed by atoms with Crippen LogP contribution >= 0.6 is 0 Å². The fourth-order valence-corrected chi connectivity index (χ4v) is 6.34. The Labute approximate surface area is 218 Å². The van der Waals surface area contributed by atoms with Gasteiger partial charge < -0.3 is 19.4 Å². The van der Waals surface area contributed by atoms with Crippen molar-refractivity contribution in [2.24, 2.45) is 0 Å². The van der Waals surface area contributed by atoms with Crippen LogP contribution in [0.2, 0.25) is 0 Å². The molecule has 4 aromatic rings. The number of nitrogens with zero attached hydrogens (tertiary/aromatic N) is 1. The second kappa shape index (κ2) is 10.4. The molecule has 1 aliphatic heterocycles. The van der Waals surface area contributed by atoms with Crippen molar-refractivity contribution < 1.29 is 13.9 Å². The molecule has 2 aliphatic rings. The van der Waals surface area contributed by atoms with Crippen LogP contribution in [0.1, 0.15) is 48.8 Å². The zero-order chi connectivity index (χ0) is 25.2. The van der Waals surface area contributed by atoms with E-state index in [1.807, 2.05) is 12.1 Å². The van der Waals surface area contributed by atoms with E-state index in [-0.39, 0.29) is 17.7 Å². The Kier molecular flexibility index (Phi) is 6.85. The van der Waals surface area contributed by atoms with Gasteiger partial charge in [0.05, 0.1) is 11.1 Å². The van der Waals surface area contributed by atoms with E-state index in [2.05, 4.69) is 64.6 Å². The molecule has 3 aromatic carbocycles. The smallest absolute Gasteiger partial charge is 0.162 e. The first kappa shape index (κ1) is 24.4. The zero-order valence-corrected chi connectivity index (χ0v) is 21.5. The first-order valence-corrected chi connectivity index (χ1v) is 13.5. The minimum Gasteiger partial charge on any atom is -0.356 e. The van der Waals surface area contributed by atoms with Crippen LogP contribution in [0.15, 0.2) is 79.0 Å². The molecule has 6 rings (SSSR count). The van der Waals surface area contributed by atoms with Gasteiger partial charge in [0.2, 0.25) is 0 Å². The Morgan fingerprint density at radius 2 is 1.76 bits per heavy atom. The molecule has 1 saturated carbocycles. The van der Waals surface area contributed by atoms with Crippen molar-refractivity contribution >= 4 is 10.9 Å². The van der Waals surface area contributed by atoms with E-state index in [0.29, 0.717) is 6.04 Å². The lowest BCUT2D eigenvalue weighted by Crippen LogP contribution is -2.46. The van der Waals surface area contributed by atoms with Crippen LogP contribution in [0.5, 0.6) is 0 Å². The number of benzene rings is 3. The summed E-state index contributed by atoms with van der Waals surface area (Å²) in [4.78, 5) is 0. The van der Waals surface area contributed by atoms with Gasteiger partial charge in [-0.1, -0.05) is 42.5 Å². The molecule has 0 saturated heterocycles. The van der Waals surface area contributed by atoms with Crippen LogP contribution in [0.25, 0.3) is 16.6 Å². The molecule has 0 radical (unpaired) electrons. The molecular weight excluding hydrogens is 463 g/mol. The van der Waals surface area contributed by atoms with Gasteiger partial charge in [-0.25, -0.2) is 4.39 Å². The molecule has 0 bridgehead atoms. The average Bonchev–Trinajstić information content (AvgIpc) is 3.31. The van der Waals surface area contributed by atoms with E-state index in [4.69, 9.17) is 9.47 Å². The molecule has 1 aromatic heterocycles. The quantitative estimate of drug-likeness (QED) is 0.289. The van der Waals surface area contributed by atoms with E-state index in [1.54, 1.807) is 7.11 Å². The van der Waals surface area contributed by atoms with Crippen molar-refractivity contribution in [1.29, 1.82) is 0 Å². The molecule has 1 N–H and O–H groups in total. The predicted molar refractivity (Wildman–Crippen MR) is 146 cm³/mol. The average molecular weight is 499 g/mol. The van der Waals surface area contributed by atoms with Gasteiger partial charge in [-0.15, -0.1) is 0 Å². The molecule has 37 heavy (non-hydrogen) atoms. The fraction of sp³-hybridized carbons (Fsp3) is 0.375. The van der Waals surface area contributed by atoms with Gasteiger partial charge in [-0.3, -0.25) is 0 Å². The normalized spacial score (nSPS) is 23.4. The Hall–Kier alpha value is -2.99. The lowest BCUT2D eigenvalue weighted by Gasteiger charge is -2.46. The molecule has 4 nitrogen and oxygen atoms in total. The van der Waals surface area contributed by atoms with E-state index in [1.165, 1.54) is 34.2 Å². The van der Waals surface area contributed by atoms with Crippen LogP contribution in [-0.4, -0.2) is 30.6 Å². The Bertz CT molecular complexity index is 1350. The summed E-state index contributed by atoms with van der Waals surface area (Å²) in [6, 6.07) is 24.4. The molecule has 1 aliphatic carbocycles. The van der Waals surface area contributed by atoms with E-state index >= 15 is 0 Å². The van der Waals surface area contributed by atoms with E-state index in [0.717, 1.165) is 62.7 Å². The first-order chi connectivity index (χ1) is 18.1. The van der Waals surface area contributed by atoms with Gasteiger partial charge in [-0.2, -0.15) is 0 Å². The van der Waals surface area contributed by atoms with Crippen LogP contribution < -0.4 is 5.32 Å². The number of methoxy groups -OCH3 is 1. The summed E-state index contributed by atoms with van der Waals surface area (Å²) in [6.07, 6.45) is 9.22. The third kappa shape index (κ3) is 4.84. The lowest BCUT2D eigenvalue weighted by atomic mass is 9.74. The second-order valence-corrected chi connectivity index (χ2v) is 10.5. The van der Waals surface area contributed by atoms with Gasteiger partial charge in [-0.05, 0) is 92.1 Å². The number of para-hydroxylation sites is 1. The first-order valence-electron chi connectivity index (χ1n) is 13.5. The minimum atomic E-state index is -0.212. The van der Waals surface area contributed by atoms with Gasteiger partial charge in [0, 0.05) is 36.8 Å². The van der Waals surface area contributed by atoms with Crippen molar-refractivity contribution in [3.8, 4) is 5.69 Å². The lowest BCUT2D eigenvalue weighted by molar-refractivity contribution is -0.224. The molecule has 2 heterocycles. The number of ether oxygens (including phenoxy) is 2. The van der Waals surface area contributed by atoms with Gasteiger partial charge in [0.25, 0.3) is 0 Å². The number of rotatable bonds is 7. The predicted octanol–water partition coefficient (Wildman–Crippen LogP) is 6.68. The monoisotopic (exact) mass is 498 g/mol. The van der Waals surface area contributed by atoms with E-state index < -0.39 is 0 Å². The van der Waals surface area contributed by atoms with Crippen molar-refractivity contribution in [2.45, 2.75) is 62.9 Å². The maximum absolute atomic E-state index is 13.5. The zero-order valence-electron chi connectivity index (χ0n) is 21.5. The number of aromatic nitrogens is 1. The van der Waals surface area contributed by atoms with Gasteiger partial charge in [0.15, 0.2) is 6.29 Å². The van der Waals surface area contributed by atoms with E-state index in [9.17, 15) is 4.39 Å². The molecular formula is C32H35FN2O2. The van der Waals surface area contributed by atoms with Gasteiger partial charge >= 0.3 is 0 Å². The molecule has 0 amide bonds. The van der Waals surface area contributed by atoms with Crippen molar-refractivity contribution in [3.05, 3.63) is 102 Å². The van der Waals surface area contributed by atoms with Crippen molar-refractivity contribution in [1.82, 2.24) is 9.88 Å². The van der Waals surface area contributed by atoms with Crippen LogP contribution in [0.3, 0.4) is 0 Å². The van der Waals surface area contributed by atoms with Gasteiger partial charge in [0.1, 0.15) is 5.82 Å². The number of fused-ring (bicyclic) bond motifs is 3. The molecule has 1 spiro atoms. The molecule has 1 atom stereocenters. The summed E-state index contributed by atoms with van der Waals surface area (Å²) >= 11 is 0. The Balaban J connectivity index is 1.07. The molecule has 5 heteroatoms. The van der Waals surface area contributed by atoms with Crippen LogP contribution in [0.4, 0.5) is 4.39 Å². The Morgan fingerprint density at radius 1 is 1.00 bits per heavy atom. The summed E-state index contributed by atoms with van der Waals surface area (Å²) in [5, 5.41) is 5.09. The number of hydrogen-bond donors (Lipinski definition) is 1. The topological polar surface area (TPSA) is 35.4 Å². The largest absolute Gasteiger partial charge is 0.356 e. The SMILES string of the molecule is CO[C@@H]1Cc2ccccc2C2(CCC(NCCCc3cn(-c4ccc(F)cc4)c4ccccc34)CC2)O1. The third-order valence-corrected chi connectivity index (χ3v) is 8.26. The van der Waals surface area contributed by atoms with Crippen LogP contribution in [0, 0.1) is 5.82 Å². The maximum atomic E-state index is 13.5. The third-order valence-electron chi connectivity index (χ3n) is 8.26. The van der Waals surface area contributed by atoms with Crippen molar-refractivity contribution in [2.75, 3.05) is 13.7 Å². The summed E-state index contributed by atoms with van der Waals surface area (Å²) in [6.45, 7) is 0.992. The second-order valence-electron chi connectivity index (χ2n) is 10.5. The number of hydrogen-bond acceptors (Lipinski definition) is 3. The highest BCUT2D eigenvalue weighted by Gasteiger charge is 2.43.